The molecule has 3 rings (SSSR count). The van der Waals surface area contributed by atoms with Gasteiger partial charge < -0.3 is 4.42 Å². The number of halogens is 1. The zero-order chi connectivity index (χ0) is 16.4. The van der Waals surface area contributed by atoms with Crippen molar-refractivity contribution in [2.45, 2.75) is 13.8 Å². The number of hydrogen-bond acceptors (Lipinski definition) is 4. The van der Waals surface area contributed by atoms with Crippen LogP contribution in [0.15, 0.2) is 61.0 Å². The number of hydrogen-bond donors (Lipinski definition) is 0. The third kappa shape index (κ3) is 3.32. The fraction of sp³-hybridized carbons (Fsp3) is 0.118. The van der Waals surface area contributed by atoms with E-state index in [4.69, 9.17) is 4.42 Å². The lowest BCUT2D eigenvalue weighted by atomic mass is 10.2. The van der Waals surface area contributed by atoms with E-state index in [1.165, 1.54) is 4.68 Å². The van der Waals surface area contributed by atoms with Gasteiger partial charge >= 0.3 is 0 Å². The molecule has 0 saturated carbocycles. The summed E-state index contributed by atoms with van der Waals surface area (Å²) >= 11 is 3.37. The molecule has 0 unspecified atom stereocenters. The molecule has 0 N–H and O–H groups in total. The zero-order valence-electron chi connectivity index (χ0n) is 12.7. The number of fused-ring (bicyclic) bond motifs is 1. The fourth-order valence-corrected chi connectivity index (χ4v) is 2.54. The van der Waals surface area contributed by atoms with Crippen molar-refractivity contribution in [3.05, 3.63) is 68.6 Å². The molecule has 0 atom stereocenters. The molecule has 2 heterocycles. The number of allylic oxidation sites excluding steroid dienone is 1. The summed E-state index contributed by atoms with van der Waals surface area (Å²) in [5.41, 5.74) is 1.32. The molecule has 3 aromatic rings. The second kappa shape index (κ2) is 6.34. The lowest BCUT2D eigenvalue weighted by Crippen LogP contribution is -2.20. The van der Waals surface area contributed by atoms with Gasteiger partial charge in [-0.15, -0.1) is 0 Å². The topological polar surface area (TPSA) is 60.4 Å². The first-order valence-corrected chi connectivity index (χ1v) is 7.79. The van der Waals surface area contributed by atoms with Crippen LogP contribution in [0.25, 0.3) is 17.0 Å². The number of nitrogens with zero attached hydrogens (tertiary/aromatic N) is 3. The van der Waals surface area contributed by atoms with E-state index in [2.05, 4.69) is 26.0 Å². The fourth-order valence-electron chi connectivity index (χ4n) is 2.18. The molecule has 23 heavy (non-hydrogen) atoms. The predicted molar refractivity (Wildman–Crippen MR) is 94.7 cm³/mol. The summed E-state index contributed by atoms with van der Waals surface area (Å²) in [6, 6.07) is 9.09. The van der Waals surface area contributed by atoms with Crippen LogP contribution in [0.1, 0.15) is 18.5 Å². The van der Waals surface area contributed by atoms with E-state index in [9.17, 15) is 4.79 Å². The molecule has 6 heteroatoms. The van der Waals surface area contributed by atoms with E-state index in [1.807, 2.05) is 37.3 Å². The maximum atomic E-state index is 12.6. The molecule has 1 aromatic carbocycles. The molecule has 5 nitrogen and oxygen atoms in total. The minimum Gasteiger partial charge on any atom is -0.465 e. The number of aromatic nitrogens is 2. The van der Waals surface area contributed by atoms with Crippen molar-refractivity contribution in [2.75, 3.05) is 0 Å². The quantitative estimate of drug-likeness (QED) is 0.653. The van der Waals surface area contributed by atoms with Gasteiger partial charge in [0.1, 0.15) is 11.6 Å². The van der Waals surface area contributed by atoms with Crippen molar-refractivity contribution >= 4 is 39.1 Å². The Morgan fingerprint density at radius 3 is 2.96 bits per heavy atom. The molecular weight excluding hydrogens is 358 g/mol. The third-order valence-electron chi connectivity index (χ3n) is 3.26. The Labute approximate surface area is 141 Å². The number of furan rings is 1. The highest BCUT2D eigenvalue weighted by Gasteiger charge is 2.07. The lowest BCUT2D eigenvalue weighted by Gasteiger charge is -2.05. The van der Waals surface area contributed by atoms with Crippen molar-refractivity contribution in [1.29, 1.82) is 0 Å². The van der Waals surface area contributed by atoms with Gasteiger partial charge in [-0.1, -0.05) is 15.9 Å². The van der Waals surface area contributed by atoms with E-state index in [0.29, 0.717) is 16.7 Å². The van der Waals surface area contributed by atoms with Crippen LogP contribution in [0, 0.1) is 6.92 Å². The van der Waals surface area contributed by atoms with Crippen molar-refractivity contribution in [3.8, 4) is 0 Å². The summed E-state index contributed by atoms with van der Waals surface area (Å²) in [5, 5.41) is 4.78. The van der Waals surface area contributed by atoms with Crippen molar-refractivity contribution in [2.24, 2.45) is 5.10 Å². The zero-order valence-corrected chi connectivity index (χ0v) is 14.2. The molecular formula is C17H14BrN3O2. The summed E-state index contributed by atoms with van der Waals surface area (Å²) in [7, 11) is 0. The van der Waals surface area contributed by atoms with Gasteiger partial charge in [-0.25, -0.2) is 4.98 Å². The summed E-state index contributed by atoms with van der Waals surface area (Å²) in [6.45, 7) is 3.64. The standard InChI is InChI=1S/C17H14BrN3O2/c1-11(8-14-4-3-7-23-14)10-19-21-12(2)20-16-6-5-13(18)9-15(16)17(21)22/h3-10H,1-2H3/b11-8+,19-10?. The van der Waals surface area contributed by atoms with Gasteiger partial charge in [0.05, 0.1) is 23.4 Å². The SMILES string of the molecule is C/C(C=Nn1c(C)nc2ccc(Br)cc2c1=O)=C\c1ccco1. The van der Waals surface area contributed by atoms with Gasteiger partial charge in [-0.2, -0.15) is 9.78 Å². The normalized spacial score (nSPS) is 12.4. The average Bonchev–Trinajstić information content (AvgIpc) is 3.01. The molecule has 0 saturated heterocycles. The molecule has 0 fully saturated rings. The Hall–Kier alpha value is -2.47. The van der Waals surface area contributed by atoms with Crippen LogP contribution in [0.3, 0.4) is 0 Å². The van der Waals surface area contributed by atoms with E-state index < -0.39 is 0 Å². The van der Waals surface area contributed by atoms with Crippen LogP contribution >= 0.6 is 15.9 Å². The van der Waals surface area contributed by atoms with Crippen LogP contribution < -0.4 is 5.56 Å². The van der Waals surface area contributed by atoms with E-state index in [0.717, 1.165) is 15.8 Å². The Morgan fingerprint density at radius 2 is 2.22 bits per heavy atom. The molecule has 116 valence electrons. The second-order valence-electron chi connectivity index (χ2n) is 5.09. The van der Waals surface area contributed by atoms with Crippen LogP contribution in [0.5, 0.6) is 0 Å². The first kappa shape index (κ1) is 15.4. The molecule has 0 amide bonds. The molecule has 0 aliphatic heterocycles. The smallest absolute Gasteiger partial charge is 0.282 e. The highest BCUT2D eigenvalue weighted by atomic mass is 79.9. The maximum absolute atomic E-state index is 12.6. The van der Waals surface area contributed by atoms with Crippen LogP contribution in [-0.4, -0.2) is 15.9 Å². The first-order chi connectivity index (χ1) is 11.0. The Morgan fingerprint density at radius 1 is 1.39 bits per heavy atom. The number of rotatable bonds is 3. The average molecular weight is 372 g/mol. The van der Waals surface area contributed by atoms with Gasteiger partial charge in [-0.3, -0.25) is 4.79 Å². The van der Waals surface area contributed by atoms with Gasteiger partial charge in [0, 0.05) is 4.47 Å². The van der Waals surface area contributed by atoms with Gasteiger partial charge in [0.2, 0.25) is 0 Å². The van der Waals surface area contributed by atoms with Gasteiger partial charge in [0.15, 0.2) is 0 Å². The summed E-state index contributed by atoms with van der Waals surface area (Å²) < 4.78 is 7.38. The molecule has 0 aliphatic rings. The molecule has 0 radical (unpaired) electrons. The highest BCUT2D eigenvalue weighted by molar-refractivity contribution is 9.10. The number of benzene rings is 1. The molecule has 0 aliphatic carbocycles. The van der Waals surface area contributed by atoms with Gasteiger partial charge in [0.25, 0.3) is 5.56 Å². The van der Waals surface area contributed by atoms with E-state index in [1.54, 1.807) is 25.5 Å². The summed E-state index contributed by atoms with van der Waals surface area (Å²) in [6.07, 6.45) is 5.06. The number of aryl methyl sites for hydroxylation is 1. The predicted octanol–water partition coefficient (Wildman–Crippen LogP) is 4.00. The van der Waals surface area contributed by atoms with E-state index in [-0.39, 0.29) is 5.56 Å². The Bertz CT molecular complexity index is 969. The van der Waals surface area contributed by atoms with Crippen LogP contribution in [-0.2, 0) is 0 Å². The Kier molecular flexibility index (Phi) is 4.25. The second-order valence-corrected chi connectivity index (χ2v) is 6.00. The van der Waals surface area contributed by atoms with Crippen molar-refractivity contribution < 1.29 is 4.42 Å². The first-order valence-electron chi connectivity index (χ1n) is 6.99. The van der Waals surface area contributed by atoms with Crippen LogP contribution in [0.4, 0.5) is 0 Å². The maximum Gasteiger partial charge on any atom is 0.282 e. The minimum atomic E-state index is -0.198. The van der Waals surface area contributed by atoms with Crippen LogP contribution in [0.2, 0.25) is 0 Å². The summed E-state index contributed by atoms with van der Waals surface area (Å²) in [5.74, 6) is 1.27. The highest BCUT2D eigenvalue weighted by Crippen LogP contribution is 2.15. The van der Waals surface area contributed by atoms with Crippen molar-refractivity contribution in [1.82, 2.24) is 9.66 Å². The van der Waals surface area contributed by atoms with Gasteiger partial charge in [-0.05, 0) is 55.8 Å². The molecule has 0 spiro atoms. The summed E-state index contributed by atoms with van der Waals surface area (Å²) in [4.78, 5) is 17.0. The van der Waals surface area contributed by atoms with Crippen molar-refractivity contribution in [3.63, 3.8) is 0 Å². The monoisotopic (exact) mass is 371 g/mol. The largest absolute Gasteiger partial charge is 0.465 e. The van der Waals surface area contributed by atoms with E-state index >= 15 is 0 Å². The molecule has 0 bridgehead atoms. The minimum absolute atomic E-state index is 0.198. The third-order valence-corrected chi connectivity index (χ3v) is 3.75. The lowest BCUT2D eigenvalue weighted by molar-refractivity contribution is 0.557. The Balaban J connectivity index is 2.03. The molecule has 2 aromatic heterocycles.